The summed E-state index contributed by atoms with van der Waals surface area (Å²) in [5, 5.41) is 24.8. The van der Waals surface area contributed by atoms with E-state index < -0.39 is 37.1 Å². The van der Waals surface area contributed by atoms with Gasteiger partial charge in [-0.15, -0.1) is 0 Å². The number of nitrogens with zero attached hydrogens (tertiary/aromatic N) is 3. The maximum absolute atomic E-state index is 12.4. The molecule has 3 heterocycles. The number of unbranched alkanes of at least 4 members (excludes halogenated alkanes) is 10. The van der Waals surface area contributed by atoms with Crippen molar-refractivity contribution in [1.82, 2.24) is 19.7 Å². The van der Waals surface area contributed by atoms with E-state index in [-0.39, 0.29) is 23.0 Å². The van der Waals surface area contributed by atoms with E-state index in [9.17, 15) is 19.8 Å². The molecule has 4 atom stereocenters. The molecular formula is C24H38N4O6. The van der Waals surface area contributed by atoms with Crippen LogP contribution in [0.1, 0.15) is 90.2 Å². The number of aromatic nitrogens is 4. The Hall–Kier alpha value is -2.30. The normalized spacial score (nSPS) is 22.4. The molecule has 2 aromatic heterocycles. The fraction of sp³-hybridized carbons (Fsp3) is 0.750. The van der Waals surface area contributed by atoms with Crippen LogP contribution in [0.3, 0.4) is 0 Å². The third kappa shape index (κ3) is 6.86. The van der Waals surface area contributed by atoms with Gasteiger partial charge < -0.3 is 24.7 Å². The lowest BCUT2D eigenvalue weighted by Crippen LogP contribution is -2.38. The zero-order valence-corrected chi connectivity index (χ0v) is 20.0. The number of aliphatic hydroxyl groups excluding tert-OH is 2. The molecule has 0 spiro atoms. The van der Waals surface area contributed by atoms with Gasteiger partial charge in [0.25, 0.3) is 5.56 Å². The summed E-state index contributed by atoms with van der Waals surface area (Å²) < 4.78 is 12.5. The van der Waals surface area contributed by atoms with Crippen molar-refractivity contribution in [2.24, 2.45) is 0 Å². The lowest BCUT2D eigenvalue weighted by atomic mass is 10.1. The Labute approximate surface area is 199 Å². The standard InChI is InChI=1S/C24H38N4O6/c1-2-3-4-5-6-7-8-9-10-11-12-13-19(30)34-21-18(15-29)33-24(20(21)31)28-22-17(14-27-28)23(32)26-16-25-22/h14,16,18,20-21,24,29,31H,2-13,15H2,1H3,(H,25,26,32)/t18-,20-,21-,24-/m1/s1. The molecule has 190 valence electrons. The first kappa shape index (κ1) is 26.3. The minimum absolute atomic E-state index is 0.234. The summed E-state index contributed by atoms with van der Waals surface area (Å²) in [6.07, 6.45) is 11.7. The van der Waals surface area contributed by atoms with Gasteiger partial charge in [-0.25, -0.2) is 9.67 Å². The summed E-state index contributed by atoms with van der Waals surface area (Å²) in [6.45, 7) is 1.79. The summed E-state index contributed by atoms with van der Waals surface area (Å²) in [7, 11) is 0. The lowest BCUT2D eigenvalue weighted by molar-refractivity contribution is -0.156. The van der Waals surface area contributed by atoms with Gasteiger partial charge in [0.2, 0.25) is 0 Å². The fourth-order valence-corrected chi connectivity index (χ4v) is 4.42. The Kier molecular flexibility index (Phi) is 10.5. The summed E-state index contributed by atoms with van der Waals surface area (Å²) in [5.41, 5.74) is -0.130. The number of rotatable bonds is 15. The second kappa shape index (κ2) is 13.6. The number of ether oxygens (including phenoxy) is 2. The van der Waals surface area contributed by atoms with Crippen LogP contribution in [0.4, 0.5) is 0 Å². The molecule has 1 saturated heterocycles. The van der Waals surface area contributed by atoms with Crippen LogP contribution in [0.5, 0.6) is 0 Å². The summed E-state index contributed by atoms with van der Waals surface area (Å²) >= 11 is 0. The van der Waals surface area contributed by atoms with Gasteiger partial charge in [-0.1, -0.05) is 71.1 Å². The number of nitrogens with one attached hydrogen (secondary N) is 1. The Morgan fingerprint density at radius 1 is 1.12 bits per heavy atom. The van der Waals surface area contributed by atoms with E-state index in [0.29, 0.717) is 0 Å². The molecule has 0 radical (unpaired) electrons. The zero-order valence-electron chi connectivity index (χ0n) is 20.0. The Bertz CT molecular complexity index is 945. The summed E-state index contributed by atoms with van der Waals surface area (Å²) in [4.78, 5) is 30.8. The number of H-pyrrole nitrogens is 1. The number of aromatic amines is 1. The largest absolute Gasteiger partial charge is 0.457 e. The van der Waals surface area contributed by atoms with E-state index in [1.54, 1.807) is 0 Å². The lowest BCUT2D eigenvalue weighted by Gasteiger charge is -2.19. The van der Waals surface area contributed by atoms with E-state index in [1.807, 2.05) is 0 Å². The molecule has 1 aliphatic rings. The van der Waals surface area contributed by atoms with Crippen LogP contribution in [0.15, 0.2) is 17.3 Å². The molecule has 0 bridgehead atoms. The highest BCUT2D eigenvalue weighted by atomic mass is 16.6. The smallest absolute Gasteiger partial charge is 0.306 e. The van der Waals surface area contributed by atoms with E-state index in [4.69, 9.17) is 9.47 Å². The minimum Gasteiger partial charge on any atom is -0.457 e. The van der Waals surface area contributed by atoms with Crippen LogP contribution in [-0.4, -0.2) is 60.8 Å². The second-order valence-electron chi connectivity index (χ2n) is 9.04. The molecule has 2 aromatic rings. The van der Waals surface area contributed by atoms with Crippen molar-refractivity contribution in [3.8, 4) is 0 Å². The van der Waals surface area contributed by atoms with Crippen molar-refractivity contribution < 1.29 is 24.5 Å². The SMILES string of the molecule is CCCCCCCCCCCCCC(=O)O[C@H]1[C@@H](O)[C@H](n2ncc3c(=O)[nH]cnc32)O[C@@H]1CO. The molecule has 3 rings (SSSR count). The molecule has 1 aliphatic heterocycles. The first-order chi connectivity index (χ1) is 16.6. The number of carbonyl (C=O) groups excluding carboxylic acids is 1. The predicted molar refractivity (Wildman–Crippen MR) is 126 cm³/mol. The topological polar surface area (TPSA) is 140 Å². The van der Waals surface area contributed by atoms with E-state index in [2.05, 4.69) is 22.0 Å². The Morgan fingerprint density at radius 3 is 2.41 bits per heavy atom. The van der Waals surface area contributed by atoms with Gasteiger partial charge in [-0.2, -0.15) is 5.10 Å². The predicted octanol–water partition coefficient (Wildman–Crippen LogP) is 2.98. The molecule has 3 N–H and O–H groups in total. The van der Waals surface area contributed by atoms with Crippen molar-refractivity contribution in [3.63, 3.8) is 0 Å². The maximum atomic E-state index is 12.4. The highest BCUT2D eigenvalue weighted by Gasteiger charge is 2.47. The quantitative estimate of drug-likeness (QED) is 0.262. The number of aliphatic hydroxyl groups is 2. The maximum Gasteiger partial charge on any atom is 0.306 e. The molecule has 0 amide bonds. The molecule has 0 saturated carbocycles. The van der Waals surface area contributed by atoms with Crippen molar-refractivity contribution in [2.45, 2.75) is 109 Å². The van der Waals surface area contributed by atoms with Gasteiger partial charge in [0.1, 0.15) is 17.6 Å². The molecule has 34 heavy (non-hydrogen) atoms. The first-order valence-electron chi connectivity index (χ1n) is 12.6. The molecule has 0 aromatic carbocycles. The fourth-order valence-electron chi connectivity index (χ4n) is 4.42. The van der Waals surface area contributed by atoms with Crippen LogP contribution >= 0.6 is 0 Å². The highest BCUT2D eigenvalue weighted by molar-refractivity contribution is 5.72. The number of hydrogen-bond donors (Lipinski definition) is 3. The number of carbonyl (C=O) groups is 1. The number of hydrogen-bond acceptors (Lipinski definition) is 8. The molecular weight excluding hydrogens is 440 g/mol. The van der Waals surface area contributed by atoms with Gasteiger partial charge in [0, 0.05) is 6.42 Å². The van der Waals surface area contributed by atoms with Crippen LogP contribution in [0.25, 0.3) is 11.0 Å². The van der Waals surface area contributed by atoms with Gasteiger partial charge in [-0.05, 0) is 6.42 Å². The molecule has 0 unspecified atom stereocenters. The zero-order chi connectivity index (χ0) is 24.3. The molecule has 10 nitrogen and oxygen atoms in total. The monoisotopic (exact) mass is 478 g/mol. The van der Waals surface area contributed by atoms with E-state index in [0.717, 1.165) is 19.3 Å². The van der Waals surface area contributed by atoms with Crippen molar-refractivity contribution in [1.29, 1.82) is 0 Å². The molecule has 1 fully saturated rings. The molecule has 0 aliphatic carbocycles. The third-order valence-electron chi connectivity index (χ3n) is 6.38. The Balaban J connectivity index is 1.40. The average molecular weight is 479 g/mol. The molecule has 10 heteroatoms. The van der Waals surface area contributed by atoms with E-state index in [1.165, 1.54) is 68.6 Å². The van der Waals surface area contributed by atoms with Crippen LogP contribution in [0, 0.1) is 0 Å². The third-order valence-corrected chi connectivity index (χ3v) is 6.38. The summed E-state index contributed by atoms with van der Waals surface area (Å²) in [6, 6.07) is 0. The van der Waals surface area contributed by atoms with Crippen molar-refractivity contribution in [3.05, 3.63) is 22.9 Å². The minimum atomic E-state index is -1.26. The highest BCUT2D eigenvalue weighted by Crippen LogP contribution is 2.32. The van der Waals surface area contributed by atoms with Crippen LogP contribution in [0.2, 0.25) is 0 Å². The second-order valence-corrected chi connectivity index (χ2v) is 9.04. The first-order valence-corrected chi connectivity index (χ1v) is 12.6. The Morgan fingerprint density at radius 2 is 1.76 bits per heavy atom. The van der Waals surface area contributed by atoms with Gasteiger partial charge in [-0.3, -0.25) is 9.59 Å². The van der Waals surface area contributed by atoms with Gasteiger partial charge in [0.05, 0.1) is 19.1 Å². The summed E-state index contributed by atoms with van der Waals surface area (Å²) in [5.74, 6) is -0.428. The van der Waals surface area contributed by atoms with Crippen molar-refractivity contribution >= 4 is 17.0 Å². The average Bonchev–Trinajstić information content (AvgIpc) is 3.39. The number of fused-ring (bicyclic) bond motifs is 1. The van der Waals surface area contributed by atoms with Gasteiger partial charge in [0.15, 0.2) is 18.0 Å². The number of esters is 1. The van der Waals surface area contributed by atoms with Gasteiger partial charge >= 0.3 is 5.97 Å². The van der Waals surface area contributed by atoms with E-state index >= 15 is 0 Å². The van der Waals surface area contributed by atoms with Crippen LogP contribution in [-0.2, 0) is 14.3 Å². The van der Waals surface area contributed by atoms with Crippen molar-refractivity contribution in [2.75, 3.05) is 6.61 Å². The van der Waals surface area contributed by atoms with Crippen LogP contribution < -0.4 is 5.56 Å².